The van der Waals surface area contributed by atoms with Crippen LogP contribution in [0.4, 0.5) is 0 Å². The minimum absolute atomic E-state index is 0.0359. The maximum Gasteiger partial charge on any atom is 0.239 e. The molecule has 0 aromatic rings. The van der Waals surface area contributed by atoms with Gasteiger partial charge < -0.3 is 10.2 Å². The lowest BCUT2D eigenvalue weighted by Crippen LogP contribution is -2.50. The second kappa shape index (κ2) is 7.41. The topological polar surface area (TPSA) is 35.6 Å². The van der Waals surface area contributed by atoms with Crippen LogP contribution < -0.4 is 5.32 Å². The highest BCUT2D eigenvalue weighted by Crippen LogP contribution is 2.24. The predicted molar refractivity (Wildman–Crippen MR) is 82.8 cm³/mol. The lowest BCUT2D eigenvalue weighted by Gasteiger charge is -2.38. The Morgan fingerprint density at radius 3 is 2.40 bits per heavy atom. The van der Waals surface area contributed by atoms with Crippen molar-refractivity contribution in [2.75, 3.05) is 26.7 Å². The Balaban J connectivity index is 1.81. The number of likely N-dealkylation sites (tertiary alicyclic amines) is 1. The third kappa shape index (κ3) is 3.73. The van der Waals surface area contributed by atoms with Crippen LogP contribution in [-0.4, -0.2) is 60.5 Å². The summed E-state index contributed by atoms with van der Waals surface area (Å²) in [5.74, 6) is 0.332. The SMILES string of the molecule is CCNC1CCC(N(C)C(C)C(=O)N2CCCC2)CC1. The van der Waals surface area contributed by atoms with E-state index in [0.29, 0.717) is 18.0 Å². The Hall–Kier alpha value is -0.610. The smallest absolute Gasteiger partial charge is 0.239 e. The van der Waals surface area contributed by atoms with Crippen molar-refractivity contribution >= 4 is 5.91 Å². The van der Waals surface area contributed by atoms with Crippen LogP contribution in [0.3, 0.4) is 0 Å². The maximum atomic E-state index is 12.5. The molecule has 1 aliphatic carbocycles. The van der Waals surface area contributed by atoms with E-state index in [1.54, 1.807) is 0 Å². The summed E-state index contributed by atoms with van der Waals surface area (Å²) in [5.41, 5.74) is 0. The molecule has 1 amide bonds. The van der Waals surface area contributed by atoms with Crippen molar-refractivity contribution in [3.05, 3.63) is 0 Å². The zero-order chi connectivity index (χ0) is 14.5. The van der Waals surface area contributed by atoms with Gasteiger partial charge in [-0.1, -0.05) is 6.92 Å². The van der Waals surface area contributed by atoms with Gasteiger partial charge in [-0.15, -0.1) is 0 Å². The molecule has 116 valence electrons. The van der Waals surface area contributed by atoms with Crippen molar-refractivity contribution in [2.24, 2.45) is 0 Å². The molecule has 2 rings (SSSR count). The van der Waals surface area contributed by atoms with E-state index >= 15 is 0 Å². The van der Waals surface area contributed by atoms with Crippen molar-refractivity contribution in [1.29, 1.82) is 0 Å². The second-order valence-electron chi connectivity index (χ2n) is 6.44. The molecule has 2 fully saturated rings. The number of hydrogen-bond acceptors (Lipinski definition) is 3. The lowest BCUT2D eigenvalue weighted by atomic mass is 9.89. The Labute approximate surface area is 123 Å². The van der Waals surface area contributed by atoms with Gasteiger partial charge >= 0.3 is 0 Å². The molecule has 0 aromatic carbocycles. The highest BCUT2D eigenvalue weighted by atomic mass is 16.2. The van der Waals surface area contributed by atoms with Gasteiger partial charge in [0.05, 0.1) is 6.04 Å². The van der Waals surface area contributed by atoms with Gasteiger partial charge in [0.15, 0.2) is 0 Å². The molecule has 1 atom stereocenters. The number of nitrogens with one attached hydrogen (secondary N) is 1. The zero-order valence-electron chi connectivity index (χ0n) is 13.4. The molecule has 4 nitrogen and oxygen atoms in total. The standard InChI is InChI=1S/C16H31N3O/c1-4-17-14-7-9-15(10-8-14)18(3)13(2)16(20)19-11-5-6-12-19/h13-15,17H,4-12H2,1-3H3. The van der Waals surface area contributed by atoms with E-state index in [4.69, 9.17) is 0 Å². The molecule has 0 bridgehead atoms. The summed E-state index contributed by atoms with van der Waals surface area (Å²) in [7, 11) is 2.14. The number of carbonyl (C=O) groups is 1. The van der Waals surface area contributed by atoms with Gasteiger partial charge in [0.2, 0.25) is 5.91 Å². The molecular weight excluding hydrogens is 250 g/mol. The molecule has 0 spiro atoms. The van der Waals surface area contributed by atoms with Crippen molar-refractivity contribution in [3.8, 4) is 0 Å². The van der Waals surface area contributed by atoms with Crippen molar-refractivity contribution in [3.63, 3.8) is 0 Å². The predicted octanol–water partition coefficient (Wildman–Crippen LogP) is 1.85. The molecule has 2 aliphatic rings. The first-order chi connectivity index (χ1) is 9.63. The number of hydrogen-bond donors (Lipinski definition) is 1. The van der Waals surface area contributed by atoms with Gasteiger partial charge in [-0.3, -0.25) is 9.69 Å². The molecule has 1 saturated heterocycles. The maximum absolute atomic E-state index is 12.5. The summed E-state index contributed by atoms with van der Waals surface area (Å²) in [6.45, 7) is 7.25. The zero-order valence-corrected chi connectivity index (χ0v) is 13.4. The molecule has 4 heteroatoms. The van der Waals surface area contributed by atoms with E-state index in [2.05, 4.69) is 31.1 Å². The minimum Gasteiger partial charge on any atom is -0.341 e. The Morgan fingerprint density at radius 1 is 1.25 bits per heavy atom. The van der Waals surface area contributed by atoms with Crippen molar-refractivity contribution in [2.45, 2.75) is 70.5 Å². The number of amides is 1. The van der Waals surface area contributed by atoms with Crippen LogP contribution in [0.2, 0.25) is 0 Å². The molecular formula is C16H31N3O. The summed E-state index contributed by atoms with van der Waals surface area (Å²) < 4.78 is 0. The van der Waals surface area contributed by atoms with E-state index in [-0.39, 0.29) is 6.04 Å². The molecule has 0 aromatic heterocycles. The summed E-state index contributed by atoms with van der Waals surface area (Å²) in [5, 5.41) is 3.55. The van der Waals surface area contributed by atoms with Crippen LogP contribution in [0.15, 0.2) is 0 Å². The quantitative estimate of drug-likeness (QED) is 0.835. The first-order valence-electron chi connectivity index (χ1n) is 8.37. The molecule has 1 N–H and O–H groups in total. The average molecular weight is 281 g/mol. The Morgan fingerprint density at radius 2 is 1.85 bits per heavy atom. The van der Waals surface area contributed by atoms with Gasteiger partial charge in [-0.05, 0) is 59.0 Å². The first kappa shape index (κ1) is 15.8. The van der Waals surface area contributed by atoms with Crippen molar-refractivity contribution < 1.29 is 4.79 Å². The van der Waals surface area contributed by atoms with Crippen LogP contribution in [0.5, 0.6) is 0 Å². The summed E-state index contributed by atoms with van der Waals surface area (Å²) in [4.78, 5) is 16.8. The Kier molecular flexibility index (Phi) is 5.85. The van der Waals surface area contributed by atoms with E-state index in [1.165, 1.54) is 38.5 Å². The number of carbonyl (C=O) groups excluding carboxylic acids is 1. The second-order valence-corrected chi connectivity index (χ2v) is 6.44. The van der Waals surface area contributed by atoms with Crippen LogP contribution >= 0.6 is 0 Å². The molecule has 1 aliphatic heterocycles. The fourth-order valence-electron chi connectivity index (χ4n) is 3.67. The van der Waals surface area contributed by atoms with Gasteiger partial charge in [-0.25, -0.2) is 0 Å². The fraction of sp³-hybridized carbons (Fsp3) is 0.938. The van der Waals surface area contributed by atoms with E-state index in [0.717, 1.165) is 19.6 Å². The van der Waals surface area contributed by atoms with E-state index < -0.39 is 0 Å². The average Bonchev–Trinajstić information content (AvgIpc) is 3.00. The molecule has 0 radical (unpaired) electrons. The summed E-state index contributed by atoms with van der Waals surface area (Å²) >= 11 is 0. The molecule has 1 saturated carbocycles. The van der Waals surface area contributed by atoms with Gasteiger partial charge in [0, 0.05) is 25.2 Å². The summed E-state index contributed by atoms with van der Waals surface area (Å²) in [6.07, 6.45) is 7.27. The number of likely N-dealkylation sites (N-methyl/N-ethyl adjacent to an activating group) is 1. The monoisotopic (exact) mass is 281 g/mol. The number of rotatable bonds is 5. The molecule has 20 heavy (non-hydrogen) atoms. The molecule has 1 heterocycles. The third-order valence-corrected chi connectivity index (χ3v) is 5.15. The highest BCUT2D eigenvalue weighted by Gasteiger charge is 2.31. The van der Waals surface area contributed by atoms with Crippen molar-refractivity contribution in [1.82, 2.24) is 15.1 Å². The molecule has 1 unspecified atom stereocenters. The van der Waals surface area contributed by atoms with E-state index in [9.17, 15) is 4.79 Å². The normalized spacial score (nSPS) is 28.9. The highest BCUT2D eigenvalue weighted by molar-refractivity contribution is 5.81. The lowest BCUT2D eigenvalue weighted by molar-refractivity contribution is -0.135. The third-order valence-electron chi connectivity index (χ3n) is 5.15. The van der Waals surface area contributed by atoms with Crippen LogP contribution in [0.25, 0.3) is 0 Å². The first-order valence-corrected chi connectivity index (χ1v) is 8.37. The summed E-state index contributed by atoms with van der Waals surface area (Å²) in [6, 6.07) is 1.30. The van der Waals surface area contributed by atoms with Crippen LogP contribution in [0, 0.1) is 0 Å². The van der Waals surface area contributed by atoms with Gasteiger partial charge in [0.1, 0.15) is 0 Å². The van der Waals surface area contributed by atoms with Gasteiger partial charge in [0.25, 0.3) is 0 Å². The fourth-order valence-corrected chi connectivity index (χ4v) is 3.67. The Bertz CT molecular complexity index is 307. The van der Waals surface area contributed by atoms with E-state index in [1.807, 2.05) is 4.90 Å². The van der Waals surface area contributed by atoms with Crippen LogP contribution in [0.1, 0.15) is 52.4 Å². The van der Waals surface area contributed by atoms with Crippen LogP contribution in [-0.2, 0) is 4.79 Å². The number of nitrogens with zero attached hydrogens (tertiary/aromatic N) is 2. The largest absolute Gasteiger partial charge is 0.341 e. The minimum atomic E-state index is 0.0359. The van der Waals surface area contributed by atoms with Gasteiger partial charge in [-0.2, -0.15) is 0 Å².